The van der Waals surface area contributed by atoms with E-state index in [-0.39, 0.29) is 5.82 Å². The Kier molecular flexibility index (Phi) is 4.59. The van der Waals surface area contributed by atoms with Gasteiger partial charge in [0.2, 0.25) is 0 Å². The van der Waals surface area contributed by atoms with Gasteiger partial charge in [-0.25, -0.2) is 8.60 Å². The van der Waals surface area contributed by atoms with Crippen LogP contribution in [-0.2, 0) is 15.3 Å². The number of halogens is 1. The van der Waals surface area contributed by atoms with Crippen molar-refractivity contribution >= 4 is 27.7 Å². The second-order valence-corrected chi connectivity index (χ2v) is 6.47. The summed E-state index contributed by atoms with van der Waals surface area (Å²) < 4.78 is 30.6. The molecule has 6 heteroatoms. The number of pyridine rings is 1. The van der Waals surface area contributed by atoms with Gasteiger partial charge in [-0.3, -0.25) is 9.17 Å². The third kappa shape index (κ3) is 3.16. The summed E-state index contributed by atoms with van der Waals surface area (Å²) >= 11 is -1.44. The zero-order valence-corrected chi connectivity index (χ0v) is 14.1. The average molecular weight is 344 g/mol. The zero-order valence-electron chi connectivity index (χ0n) is 13.3. The molecule has 2 aromatic carbocycles. The van der Waals surface area contributed by atoms with E-state index in [2.05, 4.69) is 4.98 Å². The number of nitrogens with two attached hydrogens (primary N) is 1. The monoisotopic (exact) mass is 344 g/mol. The van der Waals surface area contributed by atoms with Gasteiger partial charge in [-0.05, 0) is 48.4 Å². The van der Waals surface area contributed by atoms with Crippen LogP contribution in [0.25, 0.3) is 22.0 Å². The molecule has 1 aromatic heterocycles. The molecule has 2 unspecified atom stereocenters. The van der Waals surface area contributed by atoms with Gasteiger partial charge in [0.05, 0.1) is 11.6 Å². The molecule has 0 aliphatic heterocycles. The number of rotatable bonds is 4. The molecule has 124 valence electrons. The predicted molar refractivity (Wildman–Crippen MR) is 95.1 cm³/mol. The summed E-state index contributed by atoms with van der Waals surface area (Å²) in [6.07, 6.45) is 2.64. The Morgan fingerprint density at radius 3 is 2.75 bits per heavy atom. The molecule has 3 aromatic rings. The number of aromatic nitrogens is 1. The number of hydrogen-bond donors (Lipinski definition) is 1. The summed E-state index contributed by atoms with van der Waals surface area (Å²) in [5.41, 5.74) is 9.49. The van der Waals surface area contributed by atoms with Crippen LogP contribution < -0.4 is 5.73 Å². The Hall–Kier alpha value is -2.31. The van der Waals surface area contributed by atoms with E-state index >= 15 is 0 Å². The van der Waals surface area contributed by atoms with E-state index in [9.17, 15) is 8.60 Å². The topological polar surface area (TPSA) is 65.2 Å². The zero-order chi connectivity index (χ0) is 17.3. The minimum atomic E-state index is -1.44. The Morgan fingerprint density at radius 2 is 2.04 bits per heavy atom. The van der Waals surface area contributed by atoms with Crippen LogP contribution >= 0.6 is 0 Å². The molecule has 0 bridgehead atoms. The fraction of sp³-hybridized carbons (Fsp3) is 0.167. The van der Waals surface area contributed by atoms with Gasteiger partial charge in [-0.2, -0.15) is 0 Å². The molecular weight excluding hydrogens is 327 g/mol. The van der Waals surface area contributed by atoms with Crippen molar-refractivity contribution in [3.63, 3.8) is 0 Å². The van der Waals surface area contributed by atoms with Crippen molar-refractivity contribution in [2.75, 3.05) is 12.0 Å². The van der Waals surface area contributed by atoms with Crippen molar-refractivity contribution in [3.05, 3.63) is 60.0 Å². The third-order valence-electron chi connectivity index (χ3n) is 3.79. The molecule has 2 N–H and O–H groups in total. The fourth-order valence-electron chi connectivity index (χ4n) is 2.81. The van der Waals surface area contributed by atoms with Crippen LogP contribution in [0.3, 0.4) is 0 Å². The smallest absolute Gasteiger partial charge is 0.152 e. The van der Waals surface area contributed by atoms with Gasteiger partial charge in [-0.1, -0.05) is 12.1 Å². The molecule has 3 rings (SSSR count). The molecule has 0 aliphatic rings. The number of nitrogens with zero attached hydrogens (tertiary/aromatic N) is 1. The van der Waals surface area contributed by atoms with Gasteiger partial charge in [0, 0.05) is 29.1 Å². The summed E-state index contributed by atoms with van der Waals surface area (Å²) in [7, 11) is 0. The van der Waals surface area contributed by atoms with Crippen molar-refractivity contribution in [1.82, 2.24) is 4.98 Å². The van der Waals surface area contributed by atoms with Crippen LogP contribution in [0, 0.1) is 5.82 Å². The summed E-state index contributed by atoms with van der Waals surface area (Å²) in [6, 6.07) is 11.7. The number of fused-ring (bicyclic) bond motifs is 1. The van der Waals surface area contributed by atoms with Crippen LogP contribution in [-0.4, -0.2) is 15.4 Å². The van der Waals surface area contributed by atoms with Gasteiger partial charge in [-0.15, -0.1) is 0 Å². The van der Waals surface area contributed by atoms with E-state index in [0.717, 1.165) is 16.5 Å². The van der Waals surface area contributed by atoms with E-state index in [1.54, 1.807) is 31.3 Å². The van der Waals surface area contributed by atoms with Crippen molar-refractivity contribution in [2.24, 2.45) is 0 Å². The van der Waals surface area contributed by atoms with Crippen LogP contribution in [0.15, 0.2) is 48.7 Å². The molecule has 0 fully saturated rings. The Bertz CT molecular complexity index is 930. The molecule has 0 amide bonds. The summed E-state index contributed by atoms with van der Waals surface area (Å²) in [5.74, 6) is -0.341. The van der Waals surface area contributed by atoms with E-state index in [1.165, 1.54) is 18.4 Å². The van der Waals surface area contributed by atoms with Crippen LogP contribution in [0.2, 0.25) is 0 Å². The van der Waals surface area contributed by atoms with Gasteiger partial charge in [0.25, 0.3) is 0 Å². The van der Waals surface area contributed by atoms with E-state index in [4.69, 9.17) is 9.92 Å². The largest absolute Gasteiger partial charge is 0.398 e. The van der Waals surface area contributed by atoms with Crippen molar-refractivity contribution < 1.29 is 12.8 Å². The second-order valence-electron chi connectivity index (χ2n) is 5.48. The lowest BCUT2D eigenvalue weighted by Gasteiger charge is -2.19. The minimum absolute atomic E-state index is 0.341. The lowest BCUT2D eigenvalue weighted by molar-refractivity contribution is 0.257. The van der Waals surface area contributed by atoms with Crippen molar-refractivity contribution in [1.29, 1.82) is 0 Å². The number of anilines is 1. The molecule has 0 aliphatic carbocycles. The molecule has 1 heterocycles. The van der Waals surface area contributed by atoms with Crippen LogP contribution in [0.1, 0.15) is 18.6 Å². The molecular formula is C18H17FN2O2S. The van der Waals surface area contributed by atoms with Gasteiger partial charge >= 0.3 is 0 Å². The van der Waals surface area contributed by atoms with Gasteiger partial charge in [0.1, 0.15) is 5.82 Å². The molecule has 0 spiro atoms. The Labute approximate surface area is 142 Å². The summed E-state index contributed by atoms with van der Waals surface area (Å²) in [5, 5.41) is 0.783. The molecule has 4 nitrogen and oxygen atoms in total. The highest BCUT2D eigenvalue weighted by molar-refractivity contribution is 7.79. The highest BCUT2D eigenvalue weighted by Gasteiger charge is 2.20. The lowest BCUT2D eigenvalue weighted by atomic mass is 9.92. The van der Waals surface area contributed by atoms with E-state index in [1.807, 2.05) is 12.1 Å². The van der Waals surface area contributed by atoms with Gasteiger partial charge in [0.15, 0.2) is 11.1 Å². The first-order chi connectivity index (χ1) is 11.5. The molecule has 0 radical (unpaired) electrons. The maximum atomic E-state index is 13.8. The Balaban J connectivity index is 2.34. The first kappa shape index (κ1) is 16.5. The highest BCUT2D eigenvalue weighted by atomic mass is 32.2. The molecule has 2 atom stereocenters. The minimum Gasteiger partial charge on any atom is -0.398 e. The number of nitrogen functional groups attached to an aromatic ring is 1. The van der Waals surface area contributed by atoms with Crippen molar-refractivity contribution in [2.45, 2.75) is 13.0 Å². The quantitative estimate of drug-likeness (QED) is 0.727. The highest BCUT2D eigenvalue weighted by Crippen LogP contribution is 2.38. The summed E-state index contributed by atoms with van der Waals surface area (Å²) in [6.45, 7) is 1.79. The normalized spacial score (nSPS) is 13.8. The number of hydrogen-bond acceptors (Lipinski definition) is 4. The maximum absolute atomic E-state index is 13.8. The standard InChI is InChI=1S/C18H17FN2O2S/c1-11(23-24(2)22)15-10-16(20)14-7-4-8-21-18(14)17(15)12-5-3-6-13(19)9-12/h3-11H,20H2,1-2H3. The number of benzene rings is 2. The Morgan fingerprint density at radius 1 is 1.25 bits per heavy atom. The van der Waals surface area contributed by atoms with Crippen LogP contribution in [0.5, 0.6) is 0 Å². The molecule has 0 saturated carbocycles. The maximum Gasteiger partial charge on any atom is 0.152 e. The summed E-state index contributed by atoms with van der Waals surface area (Å²) in [4.78, 5) is 4.44. The first-order valence-electron chi connectivity index (χ1n) is 7.41. The van der Waals surface area contributed by atoms with Crippen molar-refractivity contribution in [3.8, 4) is 11.1 Å². The van der Waals surface area contributed by atoms with E-state index < -0.39 is 17.2 Å². The molecule has 0 saturated heterocycles. The first-order valence-corrected chi connectivity index (χ1v) is 8.89. The van der Waals surface area contributed by atoms with Crippen LogP contribution in [0.4, 0.5) is 10.1 Å². The lowest BCUT2D eigenvalue weighted by Crippen LogP contribution is -2.06. The van der Waals surface area contributed by atoms with Gasteiger partial charge < -0.3 is 5.73 Å². The molecule has 24 heavy (non-hydrogen) atoms. The second kappa shape index (κ2) is 6.67. The third-order valence-corrected chi connectivity index (χ3v) is 4.35. The average Bonchev–Trinajstić information content (AvgIpc) is 2.54. The van der Waals surface area contributed by atoms with E-state index in [0.29, 0.717) is 16.8 Å². The predicted octanol–water partition coefficient (Wildman–Crippen LogP) is 3.99. The fourth-order valence-corrected chi connectivity index (χ4v) is 3.32. The SMILES string of the molecule is CC(OS(C)=O)c1cc(N)c2cccnc2c1-c1cccc(F)c1.